The molecule has 1 unspecified atom stereocenters. The lowest BCUT2D eigenvalue weighted by Gasteiger charge is -2.29. The third kappa shape index (κ3) is 6.80. The lowest BCUT2D eigenvalue weighted by Crippen LogP contribution is -2.46. The monoisotopic (exact) mass is 335 g/mol. The third-order valence-corrected chi connectivity index (χ3v) is 4.70. The Morgan fingerprint density at radius 1 is 1.17 bits per heavy atom. The van der Waals surface area contributed by atoms with Crippen LogP contribution in [0, 0.1) is 0 Å². The standard InChI is InChI=1S/C20H33NO3/c1-20(2,13-16-9-11-18(23-3)12-10-16)21-14-17(22)15-24-19-7-5-4-6-8-19/h9-12,17,19,21-22H,4-8,13-15H2,1-3H3. The Balaban J connectivity index is 1.70. The number of methoxy groups -OCH3 is 1. The molecule has 4 heteroatoms. The zero-order valence-corrected chi connectivity index (χ0v) is 15.4. The number of nitrogens with one attached hydrogen (secondary N) is 1. The fourth-order valence-electron chi connectivity index (χ4n) is 3.25. The lowest BCUT2D eigenvalue weighted by molar-refractivity contribution is -0.0245. The van der Waals surface area contributed by atoms with Crippen LogP contribution in [0.15, 0.2) is 24.3 Å². The molecule has 0 bridgehead atoms. The quantitative estimate of drug-likeness (QED) is 0.727. The molecule has 0 radical (unpaired) electrons. The number of benzene rings is 1. The summed E-state index contributed by atoms with van der Waals surface area (Å²) in [4.78, 5) is 0. The maximum absolute atomic E-state index is 10.2. The Labute approximate surface area is 146 Å². The average molecular weight is 335 g/mol. The van der Waals surface area contributed by atoms with Gasteiger partial charge in [-0.1, -0.05) is 31.4 Å². The van der Waals surface area contributed by atoms with Crippen molar-refractivity contribution in [2.45, 2.75) is 70.1 Å². The van der Waals surface area contributed by atoms with E-state index in [0.29, 0.717) is 19.3 Å². The van der Waals surface area contributed by atoms with Crippen molar-refractivity contribution in [2.24, 2.45) is 0 Å². The first-order valence-electron chi connectivity index (χ1n) is 9.16. The molecule has 1 fully saturated rings. The maximum atomic E-state index is 10.2. The second-order valence-corrected chi connectivity index (χ2v) is 7.54. The molecule has 1 aliphatic rings. The first kappa shape index (κ1) is 19.2. The van der Waals surface area contributed by atoms with Crippen molar-refractivity contribution in [2.75, 3.05) is 20.3 Å². The van der Waals surface area contributed by atoms with Crippen LogP contribution in [0.25, 0.3) is 0 Å². The van der Waals surface area contributed by atoms with Crippen LogP contribution in [0.3, 0.4) is 0 Å². The Kier molecular flexibility index (Phi) is 7.53. The van der Waals surface area contributed by atoms with E-state index in [-0.39, 0.29) is 5.54 Å². The van der Waals surface area contributed by atoms with Gasteiger partial charge in [0.2, 0.25) is 0 Å². The van der Waals surface area contributed by atoms with E-state index in [2.05, 4.69) is 31.3 Å². The van der Waals surface area contributed by atoms with Crippen molar-refractivity contribution in [1.29, 1.82) is 0 Å². The molecule has 0 spiro atoms. The van der Waals surface area contributed by atoms with E-state index < -0.39 is 6.10 Å². The van der Waals surface area contributed by atoms with Gasteiger partial charge in [-0.3, -0.25) is 0 Å². The molecule has 1 saturated carbocycles. The summed E-state index contributed by atoms with van der Waals surface area (Å²) in [5.74, 6) is 0.875. The first-order valence-corrected chi connectivity index (χ1v) is 9.16. The molecule has 0 amide bonds. The van der Waals surface area contributed by atoms with Gasteiger partial charge >= 0.3 is 0 Å². The molecule has 2 N–H and O–H groups in total. The van der Waals surface area contributed by atoms with Crippen LogP contribution in [-0.4, -0.2) is 43.1 Å². The summed E-state index contributed by atoms with van der Waals surface area (Å²) in [6, 6.07) is 8.15. The summed E-state index contributed by atoms with van der Waals surface area (Å²) < 4.78 is 11.0. The van der Waals surface area contributed by atoms with E-state index in [1.54, 1.807) is 7.11 Å². The SMILES string of the molecule is COc1ccc(CC(C)(C)NCC(O)COC2CCCCC2)cc1. The zero-order valence-electron chi connectivity index (χ0n) is 15.4. The molecule has 4 nitrogen and oxygen atoms in total. The molecule has 24 heavy (non-hydrogen) atoms. The Morgan fingerprint density at radius 3 is 2.46 bits per heavy atom. The molecule has 1 aromatic carbocycles. The molecule has 1 atom stereocenters. The van der Waals surface area contributed by atoms with Crippen molar-refractivity contribution in [3.05, 3.63) is 29.8 Å². The smallest absolute Gasteiger partial charge is 0.118 e. The summed E-state index contributed by atoms with van der Waals surface area (Å²) in [7, 11) is 1.68. The zero-order chi connectivity index (χ0) is 17.4. The number of aliphatic hydroxyl groups excluding tert-OH is 1. The van der Waals surface area contributed by atoms with E-state index in [0.717, 1.165) is 25.0 Å². The largest absolute Gasteiger partial charge is 0.497 e. The normalized spacial score (nSPS) is 17.7. The predicted molar refractivity (Wildman–Crippen MR) is 97.6 cm³/mol. The van der Waals surface area contributed by atoms with Crippen LogP contribution in [0.1, 0.15) is 51.5 Å². The first-order chi connectivity index (χ1) is 11.5. The van der Waals surface area contributed by atoms with Gasteiger partial charge in [0.05, 0.1) is 25.9 Å². The van der Waals surface area contributed by atoms with Gasteiger partial charge in [-0.05, 0) is 50.8 Å². The minimum absolute atomic E-state index is 0.0829. The molecule has 0 aromatic heterocycles. The lowest BCUT2D eigenvalue weighted by atomic mass is 9.94. The van der Waals surface area contributed by atoms with Crippen molar-refractivity contribution in [1.82, 2.24) is 5.32 Å². The summed E-state index contributed by atoms with van der Waals surface area (Å²) in [5, 5.41) is 13.6. The minimum atomic E-state index is -0.456. The van der Waals surface area contributed by atoms with Gasteiger partial charge in [-0.25, -0.2) is 0 Å². The number of β-amino-alcohol motifs (C(OH)–C–C–N with tert-alkyl or cyclic N) is 1. The van der Waals surface area contributed by atoms with Gasteiger partial charge < -0.3 is 19.9 Å². The van der Waals surface area contributed by atoms with E-state index in [9.17, 15) is 5.11 Å². The Bertz CT molecular complexity index is 466. The minimum Gasteiger partial charge on any atom is -0.497 e. The van der Waals surface area contributed by atoms with Crippen molar-refractivity contribution >= 4 is 0 Å². The van der Waals surface area contributed by atoms with Crippen molar-refractivity contribution in [3.8, 4) is 5.75 Å². The summed E-state index contributed by atoms with van der Waals surface area (Å²) >= 11 is 0. The number of rotatable bonds is 9. The number of hydrogen-bond acceptors (Lipinski definition) is 4. The summed E-state index contributed by atoms with van der Waals surface area (Å²) in [5.41, 5.74) is 1.17. The molecule has 2 rings (SSSR count). The van der Waals surface area contributed by atoms with Crippen molar-refractivity contribution in [3.63, 3.8) is 0 Å². The van der Waals surface area contributed by atoms with Crippen LogP contribution in [0.2, 0.25) is 0 Å². The fraction of sp³-hybridized carbons (Fsp3) is 0.700. The van der Waals surface area contributed by atoms with Crippen LogP contribution in [-0.2, 0) is 11.2 Å². The highest BCUT2D eigenvalue weighted by Crippen LogP contribution is 2.20. The Morgan fingerprint density at radius 2 is 1.83 bits per heavy atom. The van der Waals surface area contributed by atoms with E-state index in [4.69, 9.17) is 9.47 Å². The Hall–Kier alpha value is -1.10. The fourth-order valence-corrected chi connectivity index (χ4v) is 3.25. The number of aliphatic hydroxyl groups is 1. The molecule has 0 heterocycles. The van der Waals surface area contributed by atoms with Crippen LogP contribution < -0.4 is 10.1 Å². The molecular weight excluding hydrogens is 302 g/mol. The van der Waals surface area contributed by atoms with E-state index >= 15 is 0 Å². The van der Waals surface area contributed by atoms with Gasteiger partial charge in [0.1, 0.15) is 5.75 Å². The average Bonchev–Trinajstić information content (AvgIpc) is 2.59. The highest BCUT2D eigenvalue weighted by Gasteiger charge is 2.20. The van der Waals surface area contributed by atoms with Crippen LogP contribution >= 0.6 is 0 Å². The van der Waals surface area contributed by atoms with Gasteiger partial charge in [0, 0.05) is 12.1 Å². The summed E-state index contributed by atoms with van der Waals surface area (Å²) in [6.45, 7) is 5.30. The van der Waals surface area contributed by atoms with Crippen molar-refractivity contribution < 1.29 is 14.6 Å². The van der Waals surface area contributed by atoms with Gasteiger partial charge in [0.15, 0.2) is 0 Å². The molecular formula is C20H33NO3. The highest BCUT2D eigenvalue weighted by molar-refractivity contribution is 5.28. The summed E-state index contributed by atoms with van der Waals surface area (Å²) in [6.07, 6.45) is 6.91. The molecule has 0 aliphatic heterocycles. The molecule has 1 aliphatic carbocycles. The second-order valence-electron chi connectivity index (χ2n) is 7.54. The highest BCUT2D eigenvalue weighted by atomic mass is 16.5. The number of ether oxygens (including phenoxy) is 2. The second kappa shape index (κ2) is 9.40. The maximum Gasteiger partial charge on any atom is 0.118 e. The van der Waals surface area contributed by atoms with Gasteiger partial charge in [0.25, 0.3) is 0 Å². The van der Waals surface area contributed by atoms with E-state index in [1.807, 2.05) is 12.1 Å². The molecule has 136 valence electrons. The van der Waals surface area contributed by atoms with Crippen LogP contribution in [0.4, 0.5) is 0 Å². The third-order valence-electron chi connectivity index (χ3n) is 4.70. The van der Waals surface area contributed by atoms with E-state index in [1.165, 1.54) is 24.8 Å². The number of hydrogen-bond donors (Lipinski definition) is 2. The molecule has 1 aromatic rings. The van der Waals surface area contributed by atoms with Gasteiger partial charge in [-0.2, -0.15) is 0 Å². The molecule has 0 saturated heterocycles. The van der Waals surface area contributed by atoms with Crippen LogP contribution in [0.5, 0.6) is 5.75 Å². The van der Waals surface area contributed by atoms with Gasteiger partial charge in [-0.15, -0.1) is 0 Å². The predicted octanol–water partition coefficient (Wildman–Crippen LogP) is 3.32. The topological polar surface area (TPSA) is 50.7 Å².